The third-order valence-corrected chi connectivity index (χ3v) is 4.52. The van der Waals surface area contributed by atoms with Crippen LogP contribution >= 0.6 is 0 Å². The fourth-order valence-corrected chi connectivity index (χ4v) is 3.36. The van der Waals surface area contributed by atoms with Crippen LogP contribution in [0.3, 0.4) is 0 Å². The molecule has 0 saturated heterocycles. The summed E-state index contributed by atoms with van der Waals surface area (Å²) in [6.07, 6.45) is 4.76. The number of amides is 1. The van der Waals surface area contributed by atoms with Gasteiger partial charge in [0, 0.05) is 29.7 Å². The Morgan fingerprint density at radius 2 is 2.17 bits per heavy atom. The molecule has 0 spiro atoms. The molecule has 2 aromatic rings. The fourth-order valence-electron chi connectivity index (χ4n) is 3.36. The van der Waals surface area contributed by atoms with Crippen molar-refractivity contribution in [2.75, 3.05) is 0 Å². The lowest BCUT2D eigenvalue weighted by Gasteiger charge is -2.25. The van der Waals surface area contributed by atoms with Crippen LogP contribution in [0.4, 0.5) is 0 Å². The average Bonchev–Trinajstić information content (AvgIpc) is 2.81. The van der Waals surface area contributed by atoms with Gasteiger partial charge in [-0.25, -0.2) is 9.97 Å². The molecule has 2 heterocycles. The molecule has 1 aliphatic carbocycles. The van der Waals surface area contributed by atoms with Crippen molar-refractivity contribution in [2.45, 2.75) is 59.5 Å². The van der Waals surface area contributed by atoms with Crippen LogP contribution in [0.2, 0.25) is 0 Å². The van der Waals surface area contributed by atoms with Crippen molar-refractivity contribution in [3.63, 3.8) is 0 Å². The molecule has 122 valence electrons. The Bertz CT molecular complexity index is 750. The highest BCUT2D eigenvalue weighted by Gasteiger charge is 2.26. The van der Waals surface area contributed by atoms with Crippen LogP contribution in [0.15, 0.2) is 6.20 Å². The summed E-state index contributed by atoms with van der Waals surface area (Å²) in [7, 11) is 0. The molecular weight excluding hydrogens is 290 g/mol. The zero-order valence-electron chi connectivity index (χ0n) is 14.2. The molecule has 23 heavy (non-hydrogen) atoms. The second-order valence-corrected chi connectivity index (χ2v) is 6.10. The Morgan fingerprint density at radius 1 is 1.39 bits per heavy atom. The summed E-state index contributed by atoms with van der Waals surface area (Å²) >= 11 is 0. The van der Waals surface area contributed by atoms with Crippen molar-refractivity contribution in [2.24, 2.45) is 0 Å². The predicted molar refractivity (Wildman–Crippen MR) is 87.3 cm³/mol. The molecular formula is C17H23N5O. The van der Waals surface area contributed by atoms with Crippen LogP contribution in [-0.4, -0.2) is 25.7 Å². The lowest BCUT2D eigenvalue weighted by Crippen LogP contribution is -2.32. The number of nitrogens with zero attached hydrogens (tertiary/aromatic N) is 4. The Morgan fingerprint density at radius 3 is 2.87 bits per heavy atom. The van der Waals surface area contributed by atoms with Gasteiger partial charge in [0.25, 0.3) is 5.91 Å². The van der Waals surface area contributed by atoms with Gasteiger partial charge in [-0.2, -0.15) is 5.10 Å². The number of fused-ring (bicyclic) bond motifs is 1. The minimum Gasteiger partial charge on any atom is -0.345 e. The van der Waals surface area contributed by atoms with E-state index in [0.29, 0.717) is 5.56 Å². The van der Waals surface area contributed by atoms with Gasteiger partial charge in [0.15, 0.2) is 0 Å². The van der Waals surface area contributed by atoms with E-state index in [4.69, 9.17) is 0 Å². The summed E-state index contributed by atoms with van der Waals surface area (Å²) < 4.78 is 1.87. The second-order valence-electron chi connectivity index (χ2n) is 6.10. The highest BCUT2D eigenvalue weighted by molar-refractivity contribution is 5.96. The first kappa shape index (κ1) is 15.6. The maximum Gasteiger partial charge on any atom is 0.255 e. The van der Waals surface area contributed by atoms with Crippen LogP contribution in [0.25, 0.3) is 0 Å². The van der Waals surface area contributed by atoms with Crippen LogP contribution in [0.5, 0.6) is 0 Å². The minimum absolute atomic E-state index is 0.0179. The van der Waals surface area contributed by atoms with Crippen LogP contribution < -0.4 is 5.32 Å². The van der Waals surface area contributed by atoms with Gasteiger partial charge in [-0.1, -0.05) is 0 Å². The van der Waals surface area contributed by atoms with Gasteiger partial charge in [0.2, 0.25) is 0 Å². The third-order valence-electron chi connectivity index (χ3n) is 4.52. The molecule has 0 aromatic carbocycles. The molecule has 1 N–H and O–H groups in total. The van der Waals surface area contributed by atoms with Crippen LogP contribution in [0.1, 0.15) is 64.6 Å². The van der Waals surface area contributed by atoms with Crippen LogP contribution in [0, 0.1) is 20.8 Å². The molecule has 0 fully saturated rings. The number of carbonyl (C=O) groups is 1. The number of aryl methyl sites for hydroxylation is 4. The minimum atomic E-state index is -0.0573. The number of carbonyl (C=O) groups excluding carboxylic acids is 1. The first-order chi connectivity index (χ1) is 11.0. The maximum absolute atomic E-state index is 12.8. The number of nitrogens with one attached hydrogen (secondary N) is 1. The Labute approximate surface area is 136 Å². The molecule has 2 aromatic heterocycles. The van der Waals surface area contributed by atoms with E-state index in [-0.39, 0.29) is 11.9 Å². The van der Waals surface area contributed by atoms with Crippen molar-refractivity contribution >= 4 is 5.91 Å². The normalized spacial score (nSPS) is 17.0. The highest BCUT2D eigenvalue weighted by atomic mass is 16.1. The van der Waals surface area contributed by atoms with Gasteiger partial charge < -0.3 is 5.32 Å². The summed E-state index contributed by atoms with van der Waals surface area (Å²) in [6.45, 7) is 8.51. The zero-order valence-corrected chi connectivity index (χ0v) is 14.2. The van der Waals surface area contributed by atoms with E-state index in [1.54, 1.807) is 0 Å². The molecule has 1 aliphatic rings. The Hall–Kier alpha value is -2.24. The molecule has 0 aliphatic heterocycles. The molecule has 0 saturated carbocycles. The van der Waals surface area contributed by atoms with E-state index in [0.717, 1.165) is 54.3 Å². The number of aromatic nitrogens is 4. The standard InChI is InChI=1S/C17H23N5O/c1-5-22-11(3)16(10(2)21-22)17(23)20-15-8-6-7-14-13(15)9-18-12(4)19-14/h9,15H,5-8H2,1-4H3,(H,20,23)/t15-/m0/s1. The van der Waals surface area contributed by atoms with E-state index in [1.165, 1.54) is 0 Å². The van der Waals surface area contributed by atoms with Crippen LogP contribution in [-0.2, 0) is 13.0 Å². The first-order valence-electron chi connectivity index (χ1n) is 8.18. The van der Waals surface area contributed by atoms with Crippen molar-refractivity contribution in [1.29, 1.82) is 0 Å². The lowest BCUT2D eigenvalue weighted by atomic mass is 9.92. The van der Waals surface area contributed by atoms with Crippen molar-refractivity contribution in [1.82, 2.24) is 25.1 Å². The zero-order chi connectivity index (χ0) is 16.6. The summed E-state index contributed by atoms with van der Waals surface area (Å²) in [5, 5.41) is 7.59. The lowest BCUT2D eigenvalue weighted by molar-refractivity contribution is 0.0931. The van der Waals surface area contributed by atoms with E-state index in [1.807, 2.05) is 38.6 Å². The molecule has 0 radical (unpaired) electrons. The fraction of sp³-hybridized carbons (Fsp3) is 0.529. The van der Waals surface area contributed by atoms with Gasteiger partial charge in [0.05, 0.1) is 17.3 Å². The van der Waals surface area contributed by atoms with Gasteiger partial charge in [-0.15, -0.1) is 0 Å². The average molecular weight is 313 g/mol. The monoisotopic (exact) mass is 313 g/mol. The van der Waals surface area contributed by atoms with E-state index >= 15 is 0 Å². The smallest absolute Gasteiger partial charge is 0.255 e. The predicted octanol–water partition coefficient (Wildman–Crippen LogP) is 2.43. The molecule has 3 rings (SSSR count). The Kier molecular flexibility index (Phi) is 4.15. The van der Waals surface area contributed by atoms with Crippen molar-refractivity contribution in [3.05, 3.63) is 40.2 Å². The first-order valence-corrected chi connectivity index (χ1v) is 8.18. The summed E-state index contributed by atoms with van der Waals surface area (Å²) in [5.74, 6) is 0.727. The second kappa shape index (κ2) is 6.10. The summed E-state index contributed by atoms with van der Waals surface area (Å²) in [6, 6.07) is -0.0179. The van der Waals surface area contributed by atoms with Gasteiger partial charge in [-0.3, -0.25) is 9.48 Å². The molecule has 1 amide bonds. The largest absolute Gasteiger partial charge is 0.345 e. The molecule has 6 nitrogen and oxygen atoms in total. The van der Waals surface area contributed by atoms with E-state index < -0.39 is 0 Å². The molecule has 0 bridgehead atoms. The number of rotatable bonds is 3. The quantitative estimate of drug-likeness (QED) is 0.944. The number of hydrogen-bond donors (Lipinski definition) is 1. The van der Waals surface area contributed by atoms with E-state index in [9.17, 15) is 4.79 Å². The van der Waals surface area contributed by atoms with Crippen molar-refractivity contribution in [3.8, 4) is 0 Å². The molecule has 1 atom stereocenters. The Balaban J connectivity index is 1.86. The molecule has 0 unspecified atom stereocenters. The van der Waals surface area contributed by atoms with Gasteiger partial charge in [-0.05, 0) is 47.0 Å². The van der Waals surface area contributed by atoms with Crippen molar-refractivity contribution < 1.29 is 4.79 Å². The number of hydrogen-bond acceptors (Lipinski definition) is 4. The third kappa shape index (κ3) is 2.85. The highest BCUT2D eigenvalue weighted by Crippen LogP contribution is 2.28. The topological polar surface area (TPSA) is 72.7 Å². The summed E-state index contributed by atoms with van der Waals surface area (Å²) in [5.41, 5.74) is 4.49. The van der Waals surface area contributed by atoms with Gasteiger partial charge >= 0.3 is 0 Å². The summed E-state index contributed by atoms with van der Waals surface area (Å²) in [4.78, 5) is 21.6. The van der Waals surface area contributed by atoms with Gasteiger partial charge in [0.1, 0.15) is 5.82 Å². The SMILES string of the molecule is CCn1nc(C)c(C(=O)N[C@H]2CCCc3nc(C)ncc32)c1C. The molecule has 6 heteroatoms. The van der Waals surface area contributed by atoms with E-state index in [2.05, 4.69) is 20.4 Å². The maximum atomic E-state index is 12.8.